The number of hydrogen-bond donors (Lipinski definition) is 0. The zero-order valence-corrected chi connectivity index (χ0v) is 8.91. The maximum atomic E-state index is 5.75. The summed E-state index contributed by atoms with van der Waals surface area (Å²) >= 11 is 5.75. The molecule has 0 aliphatic carbocycles. The van der Waals surface area contributed by atoms with Crippen LogP contribution < -0.4 is 0 Å². The first kappa shape index (κ1) is 10.6. The van der Waals surface area contributed by atoms with E-state index in [2.05, 4.69) is 4.98 Å². The molecule has 3 nitrogen and oxygen atoms in total. The number of pyridine rings is 1. The van der Waals surface area contributed by atoms with E-state index in [1.165, 1.54) is 0 Å². The van der Waals surface area contributed by atoms with Gasteiger partial charge in [0.2, 0.25) is 6.29 Å². The molecule has 79 valence electrons. The molecule has 1 aliphatic heterocycles. The molecule has 0 atom stereocenters. The lowest BCUT2D eigenvalue weighted by molar-refractivity contribution is 0.0736. The van der Waals surface area contributed by atoms with Gasteiger partial charge in [0.15, 0.2) is 0 Å². The third-order valence-corrected chi connectivity index (χ3v) is 2.16. The Morgan fingerprint density at radius 3 is 2.93 bits per heavy atom. The maximum Gasteiger partial charge on any atom is 0.227 e. The third kappa shape index (κ3) is 3.30. The van der Waals surface area contributed by atoms with Crippen molar-refractivity contribution in [2.45, 2.75) is 6.42 Å². The van der Waals surface area contributed by atoms with E-state index in [1.807, 2.05) is 18.2 Å². The quantitative estimate of drug-likeness (QED) is 0.740. The van der Waals surface area contributed by atoms with Gasteiger partial charge in [-0.05, 0) is 17.7 Å². The van der Waals surface area contributed by atoms with Gasteiger partial charge in [0.1, 0.15) is 5.15 Å². The second-order valence-corrected chi connectivity index (χ2v) is 3.47. The molecule has 1 radical (unpaired) electrons. The summed E-state index contributed by atoms with van der Waals surface area (Å²) in [7, 11) is 0. The number of nitrogens with zero attached hydrogens (tertiary/aromatic N) is 1. The Bertz CT molecular complexity index is 348. The lowest BCUT2D eigenvalue weighted by Crippen LogP contribution is -1.93. The predicted octanol–water partition coefficient (Wildman–Crippen LogP) is 2.67. The largest absolute Gasteiger partial charge is 0.343 e. The van der Waals surface area contributed by atoms with E-state index in [0.29, 0.717) is 31.1 Å². The van der Waals surface area contributed by atoms with Crippen molar-refractivity contribution in [1.29, 1.82) is 0 Å². The SMILES string of the molecule is Clc1cc(C=CC[C]2OCCO2)ccn1. The topological polar surface area (TPSA) is 31.4 Å². The Labute approximate surface area is 93.7 Å². The molecule has 0 amide bonds. The normalized spacial score (nSPS) is 17.7. The highest BCUT2D eigenvalue weighted by molar-refractivity contribution is 6.29. The molecule has 4 heteroatoms. The van der Waals surface area contributed by atoms with Gasteiger partial charge in [-0.2, -0.15) is 0 Å². The fraction of sp³-hybridized carbons (Fsp3) is 0.273. The van der Waals surface area contributed by atoms with Gasteiger partial charge >= 0.3 is 0 Å². The van der Waals surface area contributed by atoms with Gasteiger partial charge in [-0.25, -0.2) is 4.98 Å². The lowest BCUT2D eigenvalue weighted by Gasteiger charge is -2.01. The van der Waals surface area contributed by atoms with Crippen LogP contribution in [0.15, 0.2) is 24.4 Å². The van der Waals surface area contributed by atoms with Crippen molar-refractivity contribution in [2.75, 3.05) is 13.2 Å². The molecule has 1 fully saturated rings. The fourth-order valence-electron chi connectivity index (χ4n) is 1.28. The fourth-order valence-corrected chi connectivity index (χ4v) is 1.47. The molecule has 0 N–H and O–H groups in total. The molecule has 15 heavy (non-hydrogen) atoms. The Morgan fingerprint density at radius 1 is 1.40 bits per heavy atom. The average Bonchev–Trinajstić information content (AvgIpc) is 2.71. The molecule has 2 heterocycles. The van der Waals surface area contributed by atoms with Crippen LogP contribution in [0.5, 0.6) is 0 Å². The van der Waals surface area contributed by atoms with Gasteiger partial charge in [-0.3, -0.25) is 0 Å². The summed E-state index contributed by atoms with van der Waals surface area (Å²) in [4.78, 5) is 3.90. The van der Waals surface area contributed by atoms with Crippen molar-refractivity contribution in [3.8, 4) is 0 Å². The van der Waals surface area contributed by atoms with Crippen LogP contribution in [0.4, 0.5) is 0 Å². The van der Waals surface area contributed by atoms with Crippen LogP contribution in [0.2, 0.25) is 5.15 Å². The molecule has 0 saturated carbocycles. The average molecular weight is 225 g/mol. The predicted molar refractivity (Wildman–Crippen MR) is 58.0 cm³/mol. The molecule has 1 saturated heterocycles. The maximum absolute atomic E-state index is 5.75. The summed E-state index contributed by atoms with van der Waals surface area (Å²) < 4.78 is 10.4. The van der Waals surface area contributed by atoms with Crippen LogP contribution in [0.3, 0.4) is 0 Å². The number of aromatic nitrogens is 1. The second kappa shape index (κ2) is 5.26. The van der Waals surface area contributed by atoms with Crippen LogP contribution >= 0.6 is 11.6 Å². The van der Waals surface area contributed by atoms with E-state index in [-0.39, 0.29) is 0 Å². The number of ether oxygens (including phenoxy) is 2. The monoisotopic (exact) mass is 224 g/mol. The summed E-state index contributed by atoms with van der Waals surface area (Å²) in [6, 6.07) is 3.70. The van der Waals surface area contributed by atoms with Gasteiger partial charge in [0.05, 0.1) is 13.2 Å². The molecule has 0 unspecified atom stereocenters. The summed E-state index contributed by atoms with van der Waals surface area (Å²) in [5.41, 5.74) is 1.02. The van der Waals surface area contributed by atoms with Gasteiger partial charge in [-0.1, -0.05) is 23.8 Å². The number of rotatable bonds is 3. The summed E-state index contributed by atoms with van der Waals surface area (Å²) in [6.07, 6.45) is 6.99. The van der Waals surface area contributed by atoms with Gasteiger partial charge in [-0.15, -0.1) is 0 Å². The van der Waals surface area contributed by atoms with Crippen molar-refractivity contribution in [1.82, 2.24) is 4.98 Å². The zero-order valence-electron chi connectivity index (χ0n) is 8.15. The van der Waals surface area contributed by atoms with Crippen molar-refractivity contribution in [2.24, 2.45) is 0 Å². The second-order valence-electron chi connectivity index (χ2n) is 3.09. The van der Waals surface area contributed by atoms with Crippen LogP contribution in [0.25, 0.3) is 6.08 Å². The molecule has 0 aromatic carbocycles. The first-order valence-electron chi connectivity index (χ1n) is 4.74. The molecule has 2 rings (SSSR count). The minimum absolute atomic E-state index is 0.498. The minimum atomic E-state index is 0.498. The van der Waals surface area contributed by atoms with Crippen LogP contribution in [-0.2, 0) is 9.47 Å². The summed E-state index contributed by atoms with van der Waals surface area (Å²) in [6.45, 7) is 1.31. The highest BCUT2D eigenvalue weighted by atomic mass is 35.5. The van der Waals surface area contributed by atoms with E-state index in [4.69, 9.17) is 21.1 Å². The van der Waals surface area contributed by atoms with E-state index >= 15 is 0 Å². The molecular weight excluding hydrogens is 214 g/mol. The molecule has 1 aromatic rings. The number of hydrogen-bond acceptors (Lipinski definition) is 3. The molecule has 0 bridgehead atoms. The summed E-state index contributed by atoms with van der Waals surface area (Å²) in [5, 5.41) is 0.498. The van der Waals surface area contributed by atoms with Crippen LogP contribution in [0.1, 0.15) is 12.0 Å². The Balaban J connectivity index is 1.87. The van der Waals surface area contributed by atoms with Gasteiger partial charge < -0.3 is 9.47 Å². The van der Waals surface area contributed by atoms with Gasteiger partial charge in [0, 0.05) is 12.6 Å². The number of halogens is 1. The standard InChI is InChI=1S/C11H11ClNO2/c12-10-8-9(4-5-13-10)2-1-3-11-14-6-7-15-11/h1-2,4-5,8H,3,6-7H2. The Kier molecular flexibility index (Phi) is 3.72. The van der Waals surface area contributed by atoms with E-state index < -0.39 is 0 Å². The lowest BCUT2D eigenvalue weighted by atomic mass is 10.2. The minimum Gasteiger partial charge on any atom is -0.343 e. The zero-order chi connectivity index (χ0) is 10.5. The first-order chi connectivity index (χ1) is 7.34. The van der Waals surface area contributed by atoms with Crippen molar-refractivity contribution in [3.05, 3.63) is 41.4 Å². The smallest absolute Gasteiger partial charge is 0.227 e. The first-order valence-corrected chi connectivity index (χ1v) is 5.12. The molecular formula is C11H11ClNO2. The third-order valence-electron chi connectivity index (χ3n) is 1.95. The van der Waals surface area contributed by atoms with Crippen molar-refractivity contribution in [3.63, 3.8) is 0 Å². The van der Waals surface area contributed by atoms with E-state index in [1.54, 1.807) is 12.3 Å². The van der Waals surface area contributed by atoms with Crippen molar-refractivity contribution >= 4 is 17.7 Å². The Hall–Kier alpha value is -0.900. The Morgan fingerprint density at radius 2 is 2.20 bits per heavy atom. The molecule has 0 spiro atoms. The van der Waals surface area contributed by atoms with E-state index in [9.17, 15) is 0 Å². The highest BCUT2D eigenvalue weighted by Gasteiger charge is 2.15. The van der Waals surface area contributed by atoms with Crippen LogP contribution in [0, 0.1) is 6.29 Å². The van der Waals surface area contributed by atoms with Gasteiger partial charge in [0.25, 0.3) is 0 Å². The molecule has 1 aromatic heterocycles. The highest BCUT2D eigenvalue weighted by Crippen LogP contribution is 2.17. The van der Waals surface area contributed by atoms with E-state index in [0.717, 1.165) is 5.56 Å². The van der Waals surface area contributed by atoms with Crippen molar-refractivity contribution < 1.29 is 9.47 Å². The molecule has 1 aliphatic rings. The van der Waals surface area contributed by atoms with Crippen LogP contribution in [-0.4, -0.2) is 18.2 Å². The summed E-state index contributed by atoms with van der Waals surface area (Å²) in [5.74, 6) is 0.